The summed E-state index contributed by atoms with van der Waals surface area (Å²) >= 11 is 0. The van der Waals surface area contributed by atoms with Crippen LogP contribution in [0.5, 0.6) is 0 Å². The van der Waals surface area contributed by atoms with Crippen molar-refractivity contribution in [1.29, 1.82) is 0 Å². The number of nitrogens with one attached hydrogen (secondary N) is 1. The van der Waals surface area contributed by atoms with Gasteiger partial charge in [-0.25, -0.2) is 14.4 Å². The van der Waals surface area contributed by atoms with Crippen molar-refractivity contribution in [2.75, 3.05) is 23.3 Å². The number of hydrogen-bond acceptors (Lipinski definition) is 4. The zero-order valence-corrected chi connectivity index (χ0v) is 14.7. The van der Waals surface area contributed by atoms with Crippen LogP contribution in [0.15, 0.2) is 60.7 Å². The number of aromatic nitrogens is 2. The summed E-state index contributed by atoms with van der Waals surface area (Å²) in [5, 5.41) is 2.60. The van der Waals surface area contributed by atoms with Crippen molar-refractivity contribution >= 4 is 17.4 Å². The lowest BCUT2D eigenvalue weighted by molar-refractivity contribution is 0.102. The van der Waals surface area contributed by atoms with Crippen LogP contribution in [-0.4, -0.2) is 29.0 Å². The van der Waals surface area contributed by atoms with E-state index < -0.39 is 11.7 Å². The van der Waals surface area contributed by atoms with Crippen LogP contribution in [0, 0.1) is 5.82 Å². The van der Waals surface area contributed by atoms with Gasteiger partial charge >= 0.3 is 0 Å². The normalized spacial score (nSPS) is 13.6. The van der Waals surface area contributed by atoms with Crippen LogP contribution < -0.4 is 10.2 Å². The van der Waals surface area contributed by atoms with Gasteiger partial charge in [0.15, 0.2) is 5.82 Å². The first-order valence-corrected chi connectivity index (χ1v) is 8.96. The number of carbonyl (C=O) groups excluding carboxylic acids is 1. The van der Waals surface area contributed by atoms with Gasteiger partial charge in [-0.05, 0) is 25.0 Å². The molecule has 6 heteroatoms. The summed E-state index contributed by atoms with van der Waals surface area (Å²) in [6.07, 6.45) is 2.20. The second-order valence-corrected chi connectivity index (χ2v) is 6.43. The molecule has 0 atom stereocenters. The van der Waals surface area contributed by atoms with E-state index in [1.54, 1.807) is 18.2 Å². The van der Waals surface area contributed by atoms with E-state index >= 15 is 0 Å². The van der Waals surface area contributed by atoms with Gasteiger partial charge in [-0.1, -0.05) is 42.5 Å². The molecule has 0 radical (unpaired) electrons. The Morgan fingerprint density at radius 2 is 1.67 bits per heavy atom. The predicted octanol–water partition coefficient (Wildman–Crippen LogP) is 4.14. The van der Waals surface area contributed by atoms with Crippen molar-refractivity contribution in [3.05, 3.63) is 72.2 Å². The molecular formula is C21H19FN4O. The number of benzene rings is 2. The minimum Gasteiger partial charge on any atom is -0.356 e. The minimum absolute atomic E-state index is 0.130. The van der Waals surface area contributed by atoms with E-state index in [2.05, 4.69) is 20.2 Å². The number of hydrogen-bond donors (Lipinski definition) is 1. The highest BCUT2D eigenvalue weighted by atomic mass is 19.1. The minimum atomic E-state index is -0.483. The first-order chi connectivity index (χ1) is 13.2. The lowest BCUT2D eigenvalue weighted by Gasteiger charge is -2.18. The molecule has 5 nitrogen and oxygen atoms in total. The Morgan fingerprint density at radius 1 is 0.963 bits per heavy atom. The van der Waals surface area contributed by atoms with Crippen LogP contribution in [0.4, 0.5) is 15.9 Å². The third-order valence-corrected chi connectivity index (χ3v) is 4.53. The number of para-hydroxylation sites is 1. The van der Waals surface area contributed by atoms with Gasteiger partial charge in [0, 0.05) is 24.7 Å². The summed E-state index contributed by atoms with van der Waals surface area (Å²) in [6.45, 7) is 1.80. The summed E-state index contributed by atoms with van der Waals surface area (Å²) < 4.78 is 13.9. The van der Waals surface area contributed by atoms with E-state index in [0.29, 0.717) is 5.82 Å². The van der Waals surface area contributed by atoms with E-state index in [4.69, 9.17) is 0 Å². The highest BCUT2D eigenvalue weighted by Crippen LogP contribution is 2.24. The van der Waals surface area contributed by atoms with Gasteiger partial charge in [-0.3, -0.25) is 4.79 Å². The van der Waals surface area contributed by atoms with Crippen molar-refractivity contribution in [1.82, 2.24) is 9.97 Å². The van der Waals surface area contributed by atoms with Crippen molar-refractivity contribution in [3.63, 3.8) is 0 Å². The van der Waals surface area contributed by atoms with Gasteiger partial charge in [0.05, 0.1) is 5.69 Å². The van der Waals surface area contributed by atoms with Crippen LogP contribution in [0.3, 0.4) is 0 Å². The van der Waals surface area contributed by atoms with Gasteiger partial charge in [-0.15, -0.1) is 0 Å². The average Bonchev–Trinajstić information content (AvgIpc) is 3.25. The number of halogens is 1. The van der Waals surface area contributed by atoms with Gasteiger partial charge in [-0.2, -0.15) is 0 Å². The SMILES string of the molecule is O=C(Nc1ccccc1F)c1cc(N2CCCC2)nc(-c2ccccc2)n1. The molecule has 0 unspecified atom stereocenters. The lowest BCUT2D eigenvalue weighted by Crippen LogP contribution is -2.22. The zero-order valence-electron chi connectivity index (χ0n) is 14.7. The number of anilines is 2. The summed E-state index contributed by atoms with van der Waals surface area (Å²) in [7, 11) is 0. The third kappa shape index (κ3) is 3.79. The van der Waals surface area contributed by atoms with Crippen molar-refractivity contribution in [3.8, 4) is 11.4 Å². The molecule has 0 aliphatic carbocycles. The molecular weight excluding hydrogens is 343 g/mol. The van der Waals surface area contributed by atoms with E-state index in [1.165, 1.54) is 12.1 Å². The molecule has 27 heavy (non-hydrogen) atoms. The maximum atomic E-state index is 13.9. The number of carbonyl (C=O) groups is 1. The quantitative estimate of drug-likeness (QED) is 0.758. The second-order valence-electron chi connectivity index (χ2n) is 6.43. The fraction of sp³-hybridized carbons (Fsp3) is 0.190. The second kappa shape index (κ2) is 7.53. The Hall–Kier alpha value is -3.28. The van der Waals surface area contributed by atoms with Crippen LogP contribution in [0.1, 0.15) is 23.3 Å². The predicted molar refractivity (Wildman–Crippen MR) is 103 cm³/mol. The monoisotopic (exact) mass is 362 g/mol. The van der Waals surface area contributed by atoms with Crippen LogP contribution in [0.2, 0.25) is 0 Å². The lowest BCUT2D eigenvalue weighted by atomic mass is 10.2. The molecule has 3 aromatic rings. The van der Waals surface area contributed by atoms with Gasteiger partial charge in [0.25, 0.3) is 5.91 Å². The standard InChI is InChI=1S/C21H19FN4O/c22-16-10-4-5-11-17(16)24-21(27)18-14-19(26-12-6-7-13-26)25-20(23-18)15-8-2-1-3-9-15/h1-5,8-11,14H,6-7,12-13H2,(H,24,27). The highest BCUT2D eigenvalue weighted by Gasteiger charge is 2.19. The summed E-state index contributed by atoms with van der Waals surface area (Å²) in [4.78, 5) is 24.0. The highest BCUT2D eigenvalue weighted by molar-refractivity contribution is 6.03. The molecule has 1 aliphatic heterocycles. The molecule has 4 rings (SSSR count). The van der Waals surface area contributed by atoms with Crippen LogP contribution in [-0.2, 0) is 0 Å². The maximum absolute atomic E-state index is 13.9. The average molecular weight is 362 g/mol. The molecule has 0 bridgehead atoms. The molecule has 1 fully saturated rings. The molecule has 1 aliphatic rings. The first kappa shape index (κ1) is 17.1. The topological polar surface area (TPSA) is 58.1 Å². The largest absolute Gasteiger partial charge is 0.356 e. The Labute approximate surface area is 156 Å². The van der Waals surface area contributed by atoms with Crippen LogP contribution >= 0.6 is 0 Å². The van der Waals surface area contributed by atoms with E-state index in [9.17, 15) is 9.18 Å². The summed E-state index contributed by atoms with van der Waals surface area (Å²) in [6, 6.07) is 17.3. The van der Waals surface area contributed by atoms with E-state index in [-0.39, 0.29) is 11.4 Å². The van der Waals surface area contributed by atoms with Gasteiger partial charge in [0.2, 0.25) is 0 Å². The third-order valence-electron chi connectivity index (χ3n) is 4.53. The summed E-state index contributed by atoms with van der Waals surface area (Å²) in [5.74, 6) is 0.266. The molecule has 1 aromatic heterocycles. The van der Waals surface area contributed by atoms with Crippen molar-refractivity contribution < 1.29 is 9.18 Å². The number of rotatable bonds is 4. The fourth-order valence-corrected chi connectivity index (χ4v) is 3.12. The molecule has 1 saturated heterocycles. The molecule has 1 N–H and O–H groups in total. The molecule has 2 aromatic carbocycles. The van der Waals surface area contributed by atoms with E-state index in [1.807, 2.05) is 30.3 Å². The number of nitrogens with zero attached hydrogens (tertiary/aromatic N) is 3. The van der Waals surface area contributed by atoms with Crippen LogP contribution in [0.25, 0.3) is 11.4 Å². The zero-order chi connectivity index (χ0) is 18.6. The summed E-state index contributed by atoms with van der Waals surface area (Å²) in [5.41, 5.74) is 1.18. The van der Waals surface area contributed by atoms with E-state index in [0.717, 1.165) is 37.3 Å². The fourth-order valence-electron chi connectivity index (χ4n) is 3.12. The van der Waals surface area contributed by atoms with Gasteiger partial charge in [0.1, 0.15) is 17.3 Å². The Bertz CT molecular complexity index is 955. The van der Waals surface area contributed by atoms with Gasteiger partial charge < -0.3 is 10.2 Å². The van der Waals surface area contributed by atoms with Crippen molar-refractivity contribution in [2.24, 2.45) is 0 Å². The molecule has 0 saturated carbocycles. The first-order valence-electron chi connectivity index (χ1n) is 8.96. The molecule has 1 amide bonds. The Balaban J connectivity index is 1.71. The smallest absolute Gasteiger partial charge is 0.274 e. The Morgan fingerprint density at radius 3 is 2.41 bits per heavy atom. The Kier molecular flexibility index (Phi) is 4.78. The number of amides is 1. The molecule has 136 valence electrons. The van der Waals surface area contributed by atoms with Crippen molar-refractivity contribution in [2.45, 2.75) is 12.8 Å². The molecule has 0 spiro atoms. The molecule has 2 heterocycles. The maximum Gasteiger partial charge on any atom is 0.274 e.